The Bertz CT molecular complexity index is 587. The SMILES string of the molecule is N#Cc1c(N)cc(N2CC(C(N)=O)CC2=O)nc1Br. The maximum atomic E-state index is 11.8. The molecule has 1 atom stereocenters. The summed E-state index contributed by atoms with van der Waals surface area (Å²) in [6.07, 6.45) is 0.0640. The van der Waals surface area contributed by atoms with E-state index in [0.29, 0.717) is 5.82 Å². The summed E-state index contributed by atoms with van der Waals surface area (Å²) in [6.45, 7) is 0.180. The minimum Gasteiger partial charge on any atom is -0.397 e. The summed E-state index contributed by atoms with van der Waals surface area (Å²) in [4.78, 5) is 28.4. The topological polar surface area (TPSA) is 126 Å². The van der Waals surface area contributed by atoms with E-state index in [2.05, 4.69) is 20.9 Å². The van der Waals surface area contributed by atoms with E-state index in [4.69, 9.17) is 16.7 Å². The molecule has 0 saturated carbocycles. The van der Waals surface area contributed by atoms with E-state index in [1.165, 1.54) is 11.0 Å². The van der Waals surface area contributed by atoms with Gasteiger partial charge < -0.3 is 11.5 Å². The number of nitrogens with zero attached hydrogens (tertiary/aromatic N) is 3. The minimum absolute atomic E-state index is 0.0640. The average Bonchev–Trinajstić information content (AvgIpc) is 2.71. The predicted molar refractivity (Wildman–Crippen MR) is 70.7 cm³/mol. The average molecular weight is 324 g/mol. The number of rotatable bonds is 2. The zero-order valence-electron chi connectivity index (χ0n) is 9.76. The van der Waals surface area contributed by atoms with Crippen molar-refractivity contribution in [2.75, 3.05) is 17.2 Å². The first-order valence-corrected chi connectivity index (χ1v) is 6.19. The monoisotopic (exact) mass is 323 g/mol. The van der Waals surface area contributed by atoms with Crippen LogP contribution in [0, 0.1) is 17.2 Å². The van der Waals surface area contributed by atoms with E-state index in [9.17, 15) is 9.59 Å². The molecule has 0 aromatic carbocycles. The van der Waals surface area contributed by atoms with Crippen LogP contribution in [-0.4, -0.2) is 23.3 Å². The Morgan fingerprint density at radius 2 is 2.32 bits per heavy atom. The van der Waals surface area contributed by atoms with E-state index >= 15 is 0 Å². The van der Waals surface area contributed by atoms with Gasteiger partial charge in [-0.05, 0) is 15.9 Å². The van der Waals surface area contributed by atoms with E-state index in [-0.39, 0.29) is 34.7 Å². The zero-order valence-corrected chi connectivity index (χ0v) is 11.3. The fraction of sp³-hybridized carbons (Fsp3) is 0.273. The highest BCUT2D eigenvalue weighted by atomic mass is 79.9. The second kappa shape index (κ2) is 4.85. The van der Waals surface area contributed by atoms with Crippen molar-refractivity contribution in [1.82, 2.24) is 4.98 Å². The van der Waals surface area contributed by atoms with Gasteiger partial charge in [0.2, 0.25) is 11.8 Å². The summed E-state index contributed by atoms with van der Waals surface area (Å²) < 4.78 is 0.264. The summed E-state index contributed by atoms with van der Waals surface area (Å²) in [5.74, 6) is -0.981. The van der Waals surface area contributed by atoms with Gasteiger partial charge in [-0.3, -0.25) is 14.5 Å². The molecule has 2 rings (SSSR count). The highest BCUT2D eigenvalue weighted by Gasteiger charge is 2.35. The molecule has 2 amide bonds. The highest BCUT2D eigenvalue weighted by molar-refractivity contribution is 9.10. The van der Waals surface area contributed by atoms with Crippen molar-refractivity contribution in [2.24, 2.45) is 11.7 Å². The molecule has 0 aliphatic carbocycles. The van der Waals surface area contributed by atoms with Gasteiger partial charge in [-0.2, -0.15) is 5.26 Å². The van der Waals surface area contributed by atoms with Gasteiger partial charge in [0.1, 0.15) is 22.1 Å². The molecule has 1 unspecified atom stereocenters. The standard InChI is InChI=1S/C11H10BrN5O2/c12-10-6(3-13)7(14)2-8(16-10)17-4-5(11(15)19)1-9(17)18/h2,5H,1,4H2,(H2,14,16)(H2,15,19). The number of halogens is 1. The number of primary amides is 1. The third-order valence-corrected chi connectivity index (χ3v) is 3.48. The molecule has 8 heteroatoms. The first kappa shape index (κ1) is 13.3. The molecule has 7 nitrogen and oxygen atoms in total. The summed E-state index contributed by atoms with van der Waals surface area (Å²) in [5.41, 5.74) is 11.3. The highest BCUT2D eigenvalue weighted by Crippen LogP contribution is 2.29. The Morgan fingerprint density at radius 3 is 2.79 bits per heavy atom. The van der Waals surface area contributed by atoms with Gasteiger partial charge in [0, 0.05) is 19.0 Å². The van der Waals surface area contributed by atoms with Crippen molar-refractivity contribution in [3.8, 4) is 6.07 Å². The quantitative estimate of drug-likeness (QED) is 0.748. The Hall–Kier alpha value is -2.14. The second-order valence-corrected chi connectivity index (χ2v) is 4.91. The molecule has 1 aromatic heterocycles. The van der Waals surface area contributed by atoms with Crippen molar-refractivity contribution in [3.05, 3.63) is 16.2 Å². The summed E-state index contributed by atoms with van der Waals surface area (Å²) in [5, 5.41) is 8.88. The van der Waals surface area contributed by atoms with E-state index in [1.54, 1.807) is 0 Å². The Morgan fingerprint density at radius 1 is 1.63 bits per heavy atom. The lowest BCUT2D eigenvalue weighted by Gasteiger charge is -2.16. The van der Waals surface area contributed by atoms with Gasteiger partial charge in [-0.15, -0.1) is 0 Å². The first-order chi connectivity index (χ1) is 8.93. The number of hydrogen-bond donors (Lipinski definition) is 2. The number of anilines is 2. The fourth-order valence-electron chi connectivity index (χ4n) is 1.89. The fourth-order valence-corrected chi connectivity index (χ4v) is 2.39. The summed E-state index contributed by atoms with van der Waals surface area (Å²) >= 11 is 3.13. The molecule has 0 spiro atoms. The van der Waals surface area contributed by atoms with Crippen molar-refractivity contribution in [2.45, 2.75) is 6.42 Å². The van der Waals surface area contributed by atoms with Crippen LogP contribution >= 0.6 is 15.9 Å². The lowest BCUT2D eigenvalue weighted by atomic mass is 10.1. The number of nitriles is 1. The van der Waals surface area contributed by atoms with Crippen LogP contribution in [0.25, 0.3) is 0 Å². The van der Waals surface area contributed by atoms with Crippen LogP contribution in [0.4, 0.5) is 11.5 Å². The van der Waals surface area contributed by atoms with Crippen LogP contribution in [0.5, 0.6) is 0 Å². The molecule has 0 radical (unpaired) electrons. The third kappa shape index (κ3) is 2.37. The molecule has 1 fully saturated rings. The Labute approximate surface area is 117 Å². The number of nitrogens with two attached hydrogens (primary N) is 2. The minimum atomic E-state index is -0.523. The van der Waals surface area contributed by atoms with Gasteiger partial charge in [0.15, 0.2) is 0 Å². The van der Waals surface area contributed by atoms with Crippen LogP contribution in [0.3, 0.4) is 0 Å². The van der Waals surface area contributed by atoms with E-state index in [1.807, 2.05) is 6.07 Å². The number of amides is 2. The summed E-state index contributed by atoms with van der Waals surface area (Å²) in [7, 11) is 0. The largest absolute Gasteiger partial charge is 0.397 e. The third-order valence-electron chi connectivity index (χ3n) is 2.91. The molecular weight excluding hydrogens is 314 g/mol. The van der Waals surface area contributed by atoms with Gasteiger partial charge in [0.25, 0.3) is 0 Å². The number of carbonyl (C=O) groups is 2. The van der Waals surface area contributed by atoms with Crippen molar-refractivity contribution in [1.29, 1.82) is 5.26 Å². The maximum absolute atomic E-state index is 11.8. The lowest BCUT2D eigenvalue weighted by molar-refractivity contribution is -0.123. The molecule has 19 heavy (non-hydrogen) atoms. The number of pyridine rings is 1. The molecule has 1 aliphatic rings. The number of carbonyl (C=O) groups excluding carboxylic acids is 2. The number of hydrogen-bond acceptors (Lipinski definition) is 5. The molecule has 98 valence electrons. The molecule has 2 heterocycles. The predicted octanol–water partition coefficient (Wildman–Crippen LogP) is 0.136. The van der Waals surface area contributed by atoms with E-state index < -0.39 is 11.8 Å². The Kier molecular flexibility index (Phi) is 3.40. The van der Waals surface area contributed by atoms with E-state index in [0.717, 1.165) is 0 Å². The molecule has 4 N–H and O–H groups in total. The van der Waals surface area contributed by atoms with Crippen LogP contribution < -0.4 is 16.4 Å². The van der Waals surface area contributed by atoms with Gasteiger partial charge in [-0.25, -0.2) is 4.98 Å². The van der Waals surface area contributed by atoms with Crippen LogP contribution in [0.15, 0.2) is 10.7 Å². The maximum Gasteiger partial charge on any atom is 0.229 e. The second-order valence-electron chi connectivity index (χ2n) is 4.16. The summed E-state index contributed by atoms with van der Waals surface area (Å²) in [6, 6.07) is 3.34. The smallest absolute Gasteiger partial charge is 0.229 e. The lowest BCUT2D eigenvalue weighted by Crippen LogP contribution is -2.29. The normalized spacial score (nSPS) is 18.4. The van der Waals surface area contributed by atoms with Crippen LogP contribution in [0.2, 0.25) is 0 Å². The first-order valence-electron chi connectivity index (χ1n) is 5.39. The van der Waals surface area contributed by atoms with Crippen molar-refractivity contribution in [3.63, 3.8) is 0 Å². The van der Waals surface area contributed by atoms with Crippen molar-refractivity contribution >= 4 is 39.2 Å². The zero-order chi connectivity index (χ0) is 14.2. The van der Waals surface area contributed by atoms with Gasteiger partial charge in [-0.1, -0.05) is 0 Å². The Balaban J connectivity index is 2.36. The molecule has 1 aliphatic heterocycles. The van der Waals surface area contributed by atoms with Gasteiger partial charge >= 0.3 is 0 Å². The molecule has 1 aromatic rings. The van der Waals surface area contributed by atoms with Crippen LogP contribution in [-0.2, 0) is 9.59 Å². The number of aromatic nitrogens is 1. The van der Waals surface area contributed by atoms with Gasteiger partial charge in [0.05, 0.1) is 11.6 Å². The van der Waals surface area contributed by atoms with Crippen molar-refractivity contribution < 1.29 is 9.59 Å². The molecule has 0 bridgehead atoms. The molecule has 1 saturated heterocycles. The number of nitrogen functional groups attached to an aromatic ring is 1. The molecular formula is C11H10BrN5O2. The van der Waals surface area contributed by atoms with Crippen LogP contribution in [0.1, 0.15) is 12.0 Å².